The Balaban J connectivity index is 1.95. The van der Waals surface area contributed by atoms with Crippen LogP contribution in [0.1, 0.15) is 0 Å². The van der Waals surface area contributed by atoms with E-state index in [1.165, 1.54) is 10.9 Å². The number of carbonyl (C=O) groups excluding carboxylic acids is 1. The van der Waals surface area contributed by atoms with E-state index >= 15 is 0 Å². The average Bonchev–Trinajstić information content (AvgIpc) is 2.67. The third kappa shape index (κ3) is 3.22. The summed E-state index contributed by atoms with van der Waals surface area (Å²) in [6.07, 6.45) is 3.07. The zero-order chi connectivity index (χ0) is 12.3. The molecular weight excluding hydrogens is 240 g/mol. The lowest BCUT2D eigenvalue weighted by Gasteiger charge is -2.05. The van der Waals surface area contributed by atoms with Gasteiger partial charge in [0, 0.05) is 17.6 Å². The van der Waals surface area contributed by atoms with Crippen molar-refractivity contribution < 1.29 is 4.79 Å². The van der Waals surface area contributed by atoms with E-state index in [4.69, 9.17) is 17.3 Å². The van der Waals surface area contributed by atoms with Gasteiger partial charge in [0.2, 0.25) is 5.91 Å². The fourth-order valence-corrected chi connectivity index (χ4v) is 1.50. The van der Waals surface area contributed by atoms with Gasteiger partial charge in [0.25, 0.3) is 0 Å². The highest BCUT2D eigenvalue weighted by atomic mass is 35.5. The first kappa shape index (κ1) is 11.5. The minimum atomic E-state index is -0.172. The fraction of sp³-hybridized carbons (Fsp3) is 0.0909. The number of anilines is 2. The van der Waals surface area contributed by atoms with E-state index in [1.54, 1.807) is 30.5 Å². The molecule has 0 aliphatic carbocycles. The van der Waals surface area contributed by atoms with Crippen LogP contribution in [-0.2, 0) is 11.3 Å². The van der Waals surface area contributed by atoms with Gasteiger partial charge in [-0.15, -0.1) is 0 Å². The molecule has 3 N–H and O–H groups in total. The number of rotatable bonds is 3. The van der Waals surface area contributed by atoms with Crippen molar-refractivity contribution in [2.24, 2.45) is 0 Å². The van der Waals surface area contributed by atoms with E-state index in [-0.39, 0.29) is 12.5 Å². The Bertz CT molecular complexity index is 521. The molecule has 0 unspecified atom stereocenters. The summed E-state index contributed by atoms with van der Waals surface area (Å²) >= 11 is 5.69. The summed E-state index contributed by atoms with van der Waals surface area (Å²) in [4.78, 5) is 11.6. The predicted molar refractivity (Wildman–Crippen MR) is 66.7 cm³/mol. The molecule has 2 aromatic rings. The second kappa shape index (κ2) is 4.88. The van der Waals surface area contributed by atoms with Crippen LogP contribution in [0.5, 0.6) is 0 Å². The summed E-state index contributed by atoms with van der Waals surface area (Å²) < 4.78 is 1.47. The Morgan fingerprint density at radius 2 is 2.12 bits per heavy atom. The van der Waals surface area contributed by atoms with E-state index in [1.807, 2.05) is 0 Å². The van der Waals surface area contributed by atoms with Crippen LogP contribution in [0.15, 0.2) is 36.7 Å². The van der Waals surface area contributed by atoms with Crippen molar-refractivity contribution in [2.75, 3.05) is 11.1 Å². The van der Waals surface area contributed by atoms with Gasteiger partial charge >= 0.3 is 0 Å². The molecule has 0 aliphatic heterocycles. The van der Waals surface area contributed by atoms with Crippen LogP contribution in [0.2, 0.25) is 5.02 Å². The number of nitrogen functional groups attached to an aromatic ring is 1. The monoisotopic (exact) mass is 250 g/mol. The van der Waals surface area contributed by atoms with Crippen LogP contribution in [-0.4, -0.2) is 15.7 Å². The van der Waals surface area contributed by atoms with Gasteiger partial charge in [-0.2, -0.15) is 5.10 Å². The van der Waals surface area contributed by atoms with Crippen molar-refractivity contribution in [1.29, 1.82) is 0 Å². The lowest BCUT2D eigenvalue weighted by atomic mass is 10.3. The van der Waals surface area contributed by atoms with Crippen LogP contribution in [0, 0.1) is 0 Å². The number of benzene rings is 1. The third-order valence-electron chi connectivity index (χ3n) is 2.10. The molecule has 0 bridgehead atoms. The second-order valence-corrected chi connectivity index (χ2v) is 3.96. The summed E-state index contributed by atoms with van der Waals surface area (Å²) in [5.74, 6) is -0.172. The van der Waals surface area contributed by atoms with Crippen molar-refractivity contribution in [3.8, 4) is 0 Å². The Hall–Kier alpha value is -2.01. The summed E-state index contributed by atoms with van der Waals surface area (Å²) in [5, 5.41) is 7.15. The number of aromatic nitrogens is 2. The van der Waals surface area contributed by atoms with Crippen molar-refractivity contribution in [3.05, 3.63) is 41.7 Å². The Kier molecular flexibility index (Phi) is 3.30. The van der Waals surface area contributed by atoms with Gasteiger partial charge in [0.15, 0.2) is 0 Å². The fourth-order valence-electron chi connectivity index (χ4n) is 1.34. The molecule has 2 rings (SSSR count). The second-order valence-electron chi connectivity index (χ2n) is 3.53. The van der Waals surface area contributed by atoms with E-state index in [2.05, 4.69) is 10.4 Å². The van der Waals surface area contributed by atoms with Crippen LogP contribution in [0.25, 0.3) is 0 Å². The quantitative estimate of drug-likeness (QED) is 0.816. The predicted octanol–water partition coefficient (Wildman–Crippen LogP) is 1.76. The highest BCUT2D eigenvalue weighted by Gasteiger charge is 2.04. The molecule has 1 amide bonds. The van der Waals surface area contributed by atoms with Crippen molar-refractivity contribution in [3.63, 3.8) is 0 Å². The zero-order valence-corrected chi connectivity index (χ0v) is 9.69. The van der Waals surface area contributed by atoms with Crippen molar-refractivity contribution >= 4 is 28.9 Å². The van der Waals surface area contributed by atoms with Gasteiger partial charge in [0.1, 0.15) is 6.54 Å². The molecule has 6 heteroatoms. The normalized spacial score (nSPS) is 10.2. The molecule has 0 aliphatic rings. The van der Waals surface area contributed by atoms with Gasteiger partial charge < -0.3 is 11.1 Å². The maximum atomic E-state index is 11.6. The molecule has 0 fully saturated rings. The summed E-state index contributed by atoms with van der Waals surface area (Å²) in [6, 6.07) is 6.92. The van der Waals surface area contributed by atoms with E-state index in [9.17, 15) is 4.79 Å². The summed E-state index contributed by atoms with van der Waals surface area (Å²) in [6.45, 7) is 0.122. The number of amides is 1. The minimum Gasteiger partial charge on any atom is -0.399 e. The van der Waals surface area contributed by atoms with Gasteiger partial charge in [-0.05, 0) is 24.3 Å². The highest BCUT2D eigenvalue weighted by molar-refractivity contribution is 6.30. The first-order valence-corrected chi connectivity index (χ1v) is 5.34. The Morgan fingerprint density at radius 3 is 2.71 bits per heavy atom. The molecule has 0 saturated carbocycles. The van der Waals surface area contributed by atoms with Crippen LogP contribution in [0.4, 0.5) is 11.4 Å². The van der Waals surface area contributed by atoms with Gasteiger partial charge in [-0.1, -0.05) is 11.6 Å². The van der Waals surface area contributed by atoms with Crippen LogP contribution < -0.4 is 11.1 Å². The van der Waals surface area contributed by atoms with E-state index < -0.39 is 0 Å². The van der Waals surface area contributed by atoms with Crippen LogP contribution in [0.3, 0.4) is 0 Å². The van der Waals surface area contributed by atoms with E-state index in [0.29, 0.717) is 16.4 Å². The standard InChI is InChI=1S/C11H11ClN4O/c12-8-5-14-16(6-8)7-11(17)15-10-3-1-9(13)2-4-10/h1-6H,7,13H2,(H,15,17). The number of nitrogens with two attached hydrogens (primary N) is 1. The first-order chi connectivity index (χ1) is 8.13. The molecule has 0 spiro atoms. The SMILES string of the molecule is Nc1ccc(NC(=O)Cn2cc(Cl)cn2)cc1. The molecule has 1 aromatic heterocycles. The first-order valence-electron chi connectivity index (χ1n) is 4.97. The number of hydrogen-bond acceptors (Lipinski definition) is 3. The highest BCUT2D eigenvalue weighted by Crippen LogP contribution is 2.10. The van der Waals surface area contributed by atoms with Crippen molar-refractivity contribution in [1.82, 2.24) is 9.78 Å². The third-order valence-corrected chi connectivity index (χ3v) is 2.30. The largest absolute Gasteiger partial charge is 0.399 e. The van der Waals surface area contributed by atoms with E-state index in [0.717, 1.165) is 0 Å². The van der Waals surface area contributed by atoms with Crippen LogP contribution >= 0.6 is 11.6 Å². The number of carbonyl (C=O) groups is 1. The Morgan fingerprint density at radius 1 is 1.41 bits per heavy atom. The molecule has 1 heterocycles. The minimum absolute atomic E-state index is 0.122. The molecule has 0 radical (unpaired) electrons. The van der Waals surface area contributed by atoms with Crippen molar-refractivity contribution in [2.45, 2.75) is 6.54 Å². The zero-order valence-electron chi connectivity index (χ0n) is 8.93. The molecule has 17 heavy (non-hydrogen) atoms. The molecule has 1 aromatic carbocycles. The van der Waals surface area contributed by atoms with Gasteiger partial charge in [0.05, 0.1) is 11.2 Å². The number of nitrogens with one attached hydrogen (secondary N) is 1. The number of hydrogen-bond donors (Lipinski definition) is 2. The Labute approximate surface area is 103 Å². The molecule has 5 nitrogen and oxygen atoms in total. The van der Waals surface area contributed by atoms with Gasteiger partial charge in [-0.3, -0.25) is 9.48 Å². The maximum absolute atomic E-state index is 11.6. The molecule has 88 valence electrons. The smallest absolute Gasteiger partial charge is 0.246 e. The lowest BCUT2D eigenvalue weighted by Crippen LogP contribution is -2.18. The molecule has 0 saturated heterocycles. The topological polar surface area (TPSA) is 72.9 Å². The summed E-state index contributed by atoms with van der Waals surface area (Å²) in [5.41, 5.74) is 6.89. The number of halogens is 1. The number of nitrogens with zero attached hydrogens (tertiary/aromatic N) is 2. The summed E-state index contributed by atoms with van der Waals surface area (Å²) in [7, 11) is 0. The maximum Gasteiger partial charge on any atom is 0.246 e. The molecular formula is C11H11ClN4O. The molecule has 0 atom stereocenters. The van der Waals surface area contributed by atoms with Gasteiger partial charge in [-0.25, -0.2) is 0 Å². The average molecular weight is 251 g/mol. The lowest BCUT2D eigenvalue weighted by molar-refractivity contribution is -0.116.